The molecule has 0 bridgehead atoms. The molecule has 0 aliphatic heterocycles. The van der Waals surface area contributed by atoms with Gasteiger partial charge in [0.1, 0.15) is 9.84 Å². The zero-order valence-electron chi connectivity index (χ0n) is 10.5. The molecule has 0 aromatic rings. The molecule has 5 heteroatoms. The molecule has 0 radical (unpaired) electrons. The van der Waals surface area contributed by atoms with Crippen molar-refractivity contribution in [2.75, 3.05) is 12.9 Å². The Morgan fingerprint density at radius 1 is 1.25 bits per heavy atom. The van der Waals surface area contributed by atoms with Gasteiger partial charge in [0.15, 0.2) is 0 Å². The van der Waals surface area contributed by atoms with Crippen LogP contribution in [0.25, 0.3) is 0 Å². The van der Waals surface area contributed by atoms with E-state index in [1.807, 2.05) is 0 Å². The van der Waals surface area contributed by atoms with Crippen LogP contribution >= 0.6 is 0 Å². The van der Waals surface area contributed by atoms with Gasteiger partial charge >= 0.3 is 0 Å². The molecule has 0 aromatic carbocycles. The summed E-state index contributed by atoms with van der Waals surface area (Å²) < 4.78 is 22.5. The number of aliphatic hydroxyl groups excluding tert-OH is 1. The van der Waals surface area contributed by atoms with E-state index in [1.165, 1.54) is 6.26 Å². The molecule has 98 valence electrons. The van der Waals surface area contributed by atoms with Crippen molar-refractivity contribution in [1.29, 1.82) is 0 Å². The second-order valence-corrected chi connectivity index (χ2v) is 7.08. The molecule has 3 unspecified atom stereocenters. The quantitative estimate of drug-likeness (QED) is 0.672. The monoisotopic (exact) mass is 251 g/mol. The van der Waals surface area contributed by atoms with Crippen LogP contribution in [0.2, 0.25) is 0 Å². The van der Waals surface area contributed by atoms with Gasteiger partial charge in [0.05, 0.1) is 11.9 Å². The molecular formula is C11H25NO3S. The number of sulfone groups is 1. The Morgan fingerprint density at radius 2 is 1.81 bits per heavy atom. The second kappa shape index (κ2) is 7.25. The Labute approximate surface area is 99.1 Å². The van der Waals surface area contributed by atoms with E-state index in [-0.39, 0.29) is 23.8 Å². The maximum absolute atomic E-state index is 11.3. The summed E-state index contributed by atoms with van der Waals surface area (Å²) >= 11 is 0. The fraction of sp³-hybridized carbons (Fsp3) is 1.00. The topological polar surface area (TPSA) is 80.4 Å². The molecule has 16 heavy (non-hydrogen) atoms. The van der Waals surface area contributed by atoms with Crippen molar-refractivity contribution in [3.8, 4) is 0 Å². The molecule has 0 saturated heterocycles. The van der Waals surface area contributed by atoms with Crippen LogP contribution in [0, 0.1) is 5.92 Å². The zero-order valence-corrected chi connectivity index (χ0v) is 11.3. The molecule has 0 amide bonds. The van der Waals surface area contributed by atoms with Crippen LogP contribution in [-0.2, 0) is 9.84 Å². The Morgan fingerprint density at radius 3 is 2.19 bits per heavy atom. The minimum absolute atomic E-state index is 0.0298. The highest BCUT2D eigenvalue weighted by molar-refractivity contribution is 7.91. The van der Waals surface area contributed by atoms with Gasteiger partial charge in [-0.1, -0.05) is 13.3 Å². The molecule has 0 fully saturated rings. The van der Waals surface area contributed by atoms with Crippen molar-refractivity contribution in [3.05, 3.63) is 0 Å². The average molecular weight is 251 g/mol. The summed E-state index contributed by atoms with van der Waals surface area (Å²) in [6.45, 7) is 3.76. The molecule has 0 aromatic heterocycles. The lowest BCUT2D eigenvalue weighted by atomic mass is 9.90. The van der Waals surface area contributed by atoms with Crippen molar-refractivity contribution in [2.24, 2.45) is 11.7 Å². The predicted octanol–water partition coefficient (Wildman–Crippen LogP) is 0.936. The lowest BCUT2D eigenvalue weighted by molar-refractivity contribution is 0.212. The Hall–Kier alpha value is -0.130. The zero-order chi connectivity index (χ0) is 12.8. The first-order valence-electron chi connectivity index (χ1n) is 5.88. The normalized spacial score (nSPS) is 18.1. The Kier molecular flexibility index (Phi) is 7.19. The summed E-state index contributed by atoms with van der Waals surface area (Å²) in [5.74, 6) is 0.221. The minimum Gasteiger partial charge on any atom is -0.395 e. The molecule has 0 aliphatic rings. The van der Waals surface area contributed by atoms with Gasteiger partial charge in [-0.25, -0.2) is 8.42 Å². The maximum Gasteiger partial charge on any atom is 0.150 e. The third-order valence-corrected chi connectivity index (χ3v) is 4.85. The SMILES string of the molecule is CCCC(CCC(C)S(C)(=O)=O)C(N)CO. The van der Waals surface area contributed by atoms with Gasteiger partial charge in [-0.05, 0) is 32.1 Å². The molecular weight excluding hydrogens is 226 g/mol. The van der Waals surface area contributed by atoms with Crippen LogP contribution in [0.4, 0.5) is 0 Å². The van der Waals surface area contributed by atoms with E-state index in [4.69, 9.17) is 10.8 Å². The van der Waals surface area contributed by atoms with Crippen molar-refractivity contribution in [3.63, 3.8) is 0 Å². The van der Waals surface area contributed by atoms with Crippen LogP contribution in [0.3, 0.4) is 0 Å². The highest BCUT2D eigenvalue weighted by Crippen LogP contribution is 2.19. The molecule has 0 heterocycles. The molecule has 3 N–H and O–H groups in total. The first-order valence-corrected chi connectivity index (χ1v) is 7.83. The fourth-order valence-electron chi connectivity index (χ4n) is 1.76. The third kappa shape index (κ3) is 5.82. The average Bonchev–Trinajstić information content (AvgIpc) is 2.21. The number of nitrogens with two attached hydrogens (primary N) is 1. The summed E-state index contributed by atoms with van der Waals surface area (Å²) in [6.07, 6.45) is 4.60. The predicted molar refractivity (Wildman–Crippen MR) is 67.0 cm³/mol. The standard InChI is InChI=1S/C11H25NO3S/c1-4-5-10(11(12)8-13)7-6-9(2)16(3,14)15/h9-11,13H,4-8,12H2,1-3H3. The fourth-order valence-corrected chi connectivity index (χ4v) is 2.32. The Balaban J connectivity index is 4.22. The van der Waals surface area contributed by atoms with Crippen molar-refractivity contribution >= 4 is 9.84 Å². The van der Waals surface area contributed by atoms with Crippen molar-refractivity contribution in [2.45, 2.75) is 50.8 Å². The van der Waals surface area contributed by atoms with E-state index in [0.717, 1.165) is 19.3 Å². The van der Waals surface area contributed by atoms with Crippen LogP contribution in [0.1, 0.15) is 39.5 Å². The lowest BCUT2D eigenvalue weighted by Gasteiger charge is -2.23. The number of rotatable bonds is 8. The summed E-state index contributed by atoms with van der Waals surface area (Å²) in [4.78, 5) is 0. The van der Waals surface area contributed by atoms with E-state index in [1.54, 1.807) is 6.92 Å². The van der Waals surface area contributed by atoms with E-state index in [2.05, 4.69) is 6.92 Å². The number of aliphatic hydroxyl groups is 1. The van der Waals surface area contributed by atoms with E-state index < -0.39 is 9.84 Å². The van der Waals surface area contributed by atoms with Gasteiger partial charge in [-0.2, -0.15) is 0 Å². The van der Waals surface area contributed by atoms with E-state index >= 15 is 0 Å². The minimum atomic E-state index is -2.95. The van der Waals surface area contributed by atoms with Gasteiger partial charge in [-0.3, -0.25) is 0 Å². The smallest absolute Gasteiger partial charge is 0.150 e. The first kappa shape index (κ1) is 15.9. The maximum atomic E-state index is 11.3. The van der Waals surface area contributed by atoms with E-state index in [0.29, 0.717) is 6.42 Å². The highest BCUT2D eigenvalue weighted by atomic mass is 32.2. The lowest BCUT2D eigenvalue weighted by Crippen LogP contribution is -2.34. The van der Waals surface area contributed by atoms with Gasteiger partial charge in [0, 0.05) is 12.3 Å². The van der Waals surface area contributed by atoms with Crippen LogP contribution in [0.15, 0.2) is 0 Å². The van der Waals surface area contributed by atoms with Crippen LogP contribution in [0.5, 0.6) is 0 Å². The largest absolute Gasteiger partial charge is 0.395 e. The summed E-state index contributed by atoms with van der Waals surface area (Å²) in [7, 11) is -2.95. The van der Waals surface area contributed by atoms with Crippen molar-refractivity contribution < 1.29 is 13.5 Å². The van der Waals surface area contributed by atoms with E-state index in [9.17, 15) is 8.42 Å². The molecule has 3 atom stereocenters. The first-order chi connectivity index (χ1) is 7.32. The molecule has 0 spiro atoms. The van der Waals surface area contributed by atoms with Gasteiger partial charge in [0.25, 0.3) is 0 Å². The molecule has 0 rings (SSSR count). The highest BCUT2D eigenvalue weighted by Gasteiger charge is 2.20. The molecule has 0 saturated carbocycles. The van der Waals surface area contributed by atoms with Gasteiger partial charge in [-0.15, -0.1) is 0 Å². The Bertz CT molecular complexity index is 277. The number of hydrogen-bond donors (Lipinski definition) is 2. The summed E-state index contributed by atoms with van der Waals surface area (Å²) in [5, 5.41) is 8.69. The van der Waals surface area contributed by atoms with Crippen molar-refractivity contribution in [1.82, 2.24) is 0 Å². The van der Waals surface area contributed by atoms with Gasteiger partial charge < -0.3 is 10.8 Å². The summed E-state index contributed by atoms with van der Waals surface area (Å²) in [6, 6.07) is -0.230. The summed E-state index contributed by atoms with van der Waals surface area (Å²) in [5.41, 5.74) is 5.80. The molecule has 4 nitrogen and oxygen atoms in total. The van der Waals surface area contributed by atoms with Crippen LogP contribution < -0.4 is 5.73 Å². The molecule has 0 aliphatic carbocycles. The third-order valence-electron chi connectivity index (χ3n) is 3.15. The van der Waals surface area contributed by atoms with Gasteiger partial charge in [0.2, 0.25) is 0 Å². The second-order valence-electron chi connectivity index (χ2n) is 4.61. The number of hydrogen-bond acceptors (Lipinski definition) is 4. The van der Waals surface area contributed by atoms with Crippen LogP contribution in [-0.4, -0.2) is 37.7 Å².